The van der Waals surface area contributed by atoms with E-state index in [9.17, 15) is 14.3 Å². The van der Waals surface area contributed by atoms with Gasteiger partial charge in [-0.15, -0.1) is 0 Å². The minimum absolute atomic E-state index is 0.213. The molecule has 19 heavy (non-hydrogen) atoms. The summed E-state index contributed by atoms with van der Waals surface area (Å²) < 4.78 is 13.7. The van der Waals surface area contributed by atoms with E-state index < -0.39 is 11.4 Å². The number of carboxylic acids is 1. The summed E-state index contributed by atoms with van der Waals surface area (Å²) in [4.78, 5) is 13.4. The molecule has 1 aromatic carbocycles. The van der Waals surface area contributed by atoms with Crippen molar-refractivity contribution in [2.24, 2.45) is 5.41 Å². The zero-order valence-corrected chi connectivity index (χ0v) is 11.4. The lowest BCUT2D eigenvalue weighted by Gasteiger charge is -2.23. The van der Waals surface area contributed by atoms with Gasteiger partial charge < -0.3 is 5.11 Å². The van der Waals surface area contributed by atoms with Crippen LogP contribution in [0.4, 0.5) is 4.39 Å². The molecule has 1 fully saturated rings. The molecule has 3 nitrogen and oxygen atoms in total. The molecule has 4 heteroatoms. The molecule has 1 saturated heterocycles. The van der Waals surface area contributed by atoms with E-state index in [0.717, 1.165) is 5.56 Å². The largest absolute Gasteiger partial charge is 0.481 e. The van der Waals surface area contributed by atoms with Crippen molar-refractivity contribution in [3.63, 3.8) is 0 Å². The van der Waals surface area contributed by atoms with Gasteiger partial charge >= 0.3 is 5.97 Å². The van der Waals surface area contributed by atoms with Gasteiger partial charge in [-0.05, 0) is 32.4 Å². The standard InChI is InChI=1S/C15H20FNO2/c1-3-15(14(18)19)6-7-17(10-15)9-12-8-11(2)4-5-13(12)16/h4-5,8H,3,6-7,9-10H2,1-2H3,(H,18,19). The van der Waals surface area contributed by atoms with E-state index in [1.807, 2.05) is 24.8 Å². The molecule has 0 aromatic heterocycles. The highest BCUT2D eigenvalue weighted by atomic mass is 19.1. The Balaban J connectivity index is 2.10. The normalized spacial score (nSPS) is 23.7. The molecular formula is C15H20FNO2. The first-order valence-electron chi connectivity index (χ1n) is 6.67. The molecule has 1 N–H and O–H groups in total. The highest BCUT2D eigenvalue weighted by Crippen LogP contribution is 2.35. The average molecular weight is 265 g/mol. The summed E-state index contributed by atoms with van der Waals surface area (Å²) in [5.74, 6) is -0.947. The van der Waals surface area contributed by atoms with Crippen LogP contribution < -0.4 is 0 Å². The van der Waals surface area contributed by atoms with Crippen LogP contribution in [0.5, 0.6) is 0 Å². The average Bonchev–Trinajstić information content (AvgIpc) is 2.79. The molecule has 0 spiro atoms. The fourth-order valence-electron chi connectivity index (χ4n) is 2.77. The minimum atomic E-state index is -0.734. The van der Waals surface area contributed by atoms with Crippen molar-refractivity contribution >= 4 is 5.97 Å². The number of likely N-dealkylation sites (tertiary alicyclic amines) is 1. The molecule has 1 aromatic rings. The van der Waals surface area contributed by atoms with Gasteiger partial charge in [0.2, 0.25) is 0 Å². The monoisotopic (exact) mass is 265 g/mol. The van der Waals surface area contributed by atoms with Crippen LogP contribution in [0.3, 0.4) is 0 Å². The number of aryl methyl sites for hydroxylation is 1. The third-order valence-electron chi connectivity index (χ3n) is 4.16. The predicted octanol–water partition coefficient (Wildman–Crippen LogP) is 2.82. The Morgan fingerprint density at radius 3 is 2.84 bits per heavy atom. The molecule has 0 radical (unpaired) electrons. The highest BCUT2D eigenvalue weighted by Gasteiger charge is 2.43. The maximum Gasteiger partial charge on any atom is 0.310 e. The van der Waals surface area contributed by atoms with E-state index >= 15 is 0 Å². The number of halogens is 1. The second-order valence-corrected chi connectivity index (χ2v) is 5.49. The van der Waals surface area contributed by atoms with Gasteiger partial charge in [0.1, 0.15) is 5.82 Å². The summed E-state index contributed by atoms with van der Waals surface area (Å²) >= 11 is 0. The van der Waals surface area contributed by atoms with Gasteiger partial charge in [0.05, 0.1) is 5.41 Å². The minimum Gasteiger partial charge on any atom is -0.481 e. The first-order valence-corrected chi connectivity index (χ1v) is 6.67. The third-order valence-corrected chi connectivity index (χ3v) is 4.16. The Labute approximate surface area is 113 Å². The van der Waals surface area contributed by atoms with Crippen LogP contribution in [0.2, 0.25) is 0 Å². The zero-order chi connectivity index (χ0) is 14.0. The Morgan fingerprint density at radius 1 is 1.53 bits per heavy atom. The summed E-state index contributed by atoms with van der Waals surface area (Å²) in [6.07, 6.45) is 1.27. The summed E-state index contributed by atoms with van der Waals surface area (Å²) in [5.41, 5.74) is 1.02. The molecule has 0 amide bonds. The first-order chi connectivity index (χ1) is 8.97. The Hall–Kier alpha value is -1.42. The van der Waals surface area contributed by atoms with Crippen molar-refractivity contribution in [1.29, 1.82) is 0 Å². The summed E-state index contributed by atoms with van der Waals surface area (Å²) in [6.45, 7) is 5.55. The van der Waals surface area contributed by atoms with Crippen LogP contribution >= 0.6 is 0 Å². The Morgan fingerprint density at radius 2 is 2.26 bits per heavy atom. The van der Waals surface area contributed by atoms with Crippen LogP contribution in [-0.2, 0) is 11.3 Å². The molecular weight excluding hydrogens is 245 g/mol. The molecule has 1 aliphatic heterocycles. The number of benzene rings is 1. The van der Waals surface area contributed by atoms with Crippen LogP contribution in [0.1, 0.15) is 30.9 Å². The Kier molecular flexibility index (Phi) is 3.90. The molecule has 2 rings (SSSR count). The number of hydrogen-bond donors (Lipinski definition) is 1. The van der Waals surface area contributed by atoms with E-state index in [2.05, 4.69) is 0 Å². The molecule has 104 valence electrons. The van der Waals surface area contributed by atoms with Crippen molar-refractivity contribution in [2.75, 3.05) is 13.1 Å². The SMILES string of the molecule is CCC1(C(=O)O)CCN(Cc2cc(C)ccc2F)C1. The van der Waals surface area contributed by atoms with Gasteiger partial charge in [-0.2, -0.15) is 0 Å². The quantitative estimate of drug-likeness (QED) is 0.910. The second-order valence-electron chi connectivity index (χ2n) is 5.49. The van der Waals surface area contributed by atoms with Gasteiger partial charge in [-0.25, -0.2) is 4.39 Å². The lowest BCUT2D eigenvalue weighted by atomic mass is 9.84. The summed E-state index contributed by atoms with van der Waals surface area (Å²) in [7, 11) is 0. The van der Waals surface area contributed by atoms with Gasteiger partial charge in [0.15, 0.2) is 0 Å². The zero-order valence-electron chi connectivity index (χ0n) is 11.4. The second kappa shape index (κ2) is 5.29. The Bertz CT molecular complexity index is 489. The maximum absolute atomic E-state index is 13.7. The number of aliphatic carboxylic acids is 1. The topological polar surface area (TPSA) is 40.5 Å². The lowest BCUT2D eigenvalue weighted by Crippen LogP contribution is -2.34. The fraction of sp³-hybridized carbons (Fsp3) is 0.533. The number of hydrogen-bond acceptors (Lipinski definition) is 2. The van der Waals surface area contributed by atoms with Crippen LogP contribution in [0, 0.1) is 18.2 Å². The van der Waals surface area contributed by atoms with E-state index in [0.29, 0.717) is 38.0 Å². The fourth-order valence-corrected chi connectivity index (χ4v) is 2.77. The van der Waals surface area contributed by atoms with Crippen molar-refractivity contribution in [2.45, 2.75) is 33.2 Å². The van der Waals surface area contributed by atoms with Crippen molar-refractivity contribution < 1.29 is 14.3 Å². The van der Waals surface area contributed by atoms with Gasteiger partial charge in [0.25, 0.3) is 0 Å². The molecule has 1 unspecified atom stereocenters. The van der Waals surface area contributed by atoms with E-state index in [-0.39, 0.29) is 5.82 Å². The molecule has 1 atom stereocenters. The van der Waals surface area contributed by atoms with Crippen LogP contribution in [0.25, 0.3) is 0 Å². The predicted molar refractivity (Wildman–Crippen MR) is 71.4 cm³/mol. The first kappa shape index (κ1) is 14.0. The molecule has 0 bridgehead atoms. The summed E-state index contributed by atoms with van der Waals surface area (Å²) in [5, 5.41) is 9.35. The number of carbonyl (C=O) groups is 1. The molecule has 0 saturated carbocycles. The number of nitrogens with zero attached hydrogens (tertiary/aromatic N) is 1. The van der Waals surface area contributed by atoms with Crippen molar-refractivity contribution in [1.82, 2.24) is 4.90 Å². The smallest absolute Gasteiger partial charge is 0.310 e. The van der Waals surface area contributed by atoms with E-state index in [1.54, 1.807) is 6.07 Å². The van der Waals surface area contributed by atoms with Crippen molar-refractivity contribution in [3.8, 4) is 0 Å². The maximum atomic E-state index is 13.7. The van der Waals surface area contributed by atoms with Crippen molar-refractivity contribution in [3.05, 3.63) is 35.1 Å². The molecule has 1 aliphatic rings. The highest BCUT2D eigenvalue weighted by molar-refractivity contribution is 5.75. The number of rotatable bonds is 4. The van der Waals surface area contributed by atoms with Gasteiger partial charge in [-0.1, -0.05) is 24.6 Å². The third kappa shape index (κ3) is 2.78. The van der Waals surface area contributed by atoms with Gasteiger partial charge in [-0.3, -0.25) is 9.69 Å². The summed E-state index contributed by atoms with van der Waals surface area (Å²) in [6, 6.07) is 5.06. The molecule has 0 aliphatic carbocycles. The van der Waals surface area contributed by atoms with Crippen LogP contribution in [-0.4, -0.2) is 29.1 Å². The van der Waals surface area contributed by atoms with Crippen LogP contribution in [0.15, 0.2) is 18.2 Å². The lowest BCUT2D eigenvalue weighted by molar-refractivity contribution is -0.148. The van der Waals surface area contributed by atoms with E-state index in [1.165, 1.54) is 6.07 Å². The number of carboxylic acid groups (broad SMARTS) is 1. The van der Waals surface area contributed by atoms with Gasteiger partial charge in [0, 0.05) is 18.7 Å². The molecule has 1 heterocycles. The van der Waals surface area contributed by atoms with E-state index in [4.69, 9.17) is 0 Å².